The van der Waals surface area contributed by atoms with Crippen LogP contribution in [0.5, 0.6) is 17.2 Å². The minimum atomic E-state index is -4.15. The number of nitrogens with two attached hydrogens (primary N) is 1. The lowest BCUT2D eigenvalue weighted by molar-refractivity contribution is 0.0999. The zero-order chi connectivity index (χ0) is 16.4. The Kier molecular flexibility index (Phi) is 3.83. The standard InChI is InChI=1S/C15H13NO6S/c16-15(17)11-3-1-2-4-12(11)22-23(18,19)10-5-6-13-14(9-10)21-8-7-20-13/h1-6,9H,7-8H2,(H2,16,17). The van der Waals surface area contributed by atoms with Crippen molar-refractivity contribution in [3.63, 3.8) is 0 Å². The van der Waals surface area contributed by atoms with Crippen LogP contribution in [-0.4, -0.2) is 27.5 Å². The zero-order valence-electron chi connectivity index (χ0n) is 11.9. The molecule has 7 nitrogen and oxygen atoms in total. The molecular weight excluding hydrogens is 322 g/mol. The zero-order valence-corrected chi connectivity index (χ0v) is 12.7. The number of benzene rings is 2. The average Bonchev–Trinajstić information content (AvgIpc) is 2.54. The van der Waals surface area contributed by atoms with Crippen LogP contribution in [0.25, 0.3) is 0 Å². The largest absolute Gasteiger partial charge is 0.486 e. The second-order valence-corrected chi connectivity index (χ2v) is 6.25. The number of rotatable bonds is 4. The molecule has 8 heteroatoms. The maximum Gasteiger partial charge on any atom is 0.339 e. The first-order valence-electron chi connectivity index (χ1n) is 6.70. The van der Waals surface area contributed by atoms with Gasteiger partial charge in [-0.15, -0.1) is 0 Å². The first-order valence-corrected chi connectivity index (χ1v) is 8.11. The van der Waals surface area contributed by atoms with Gasteiger partial charge in [-0.25, -0.2) is 0 Å². The highest BCUT2D eigenvalue weighted by Crippen LogP contribution is 2.33. The van der Waals surface area contributed by atoms with E-state index in [9.17, 15) is 13.2 Å². The van der Waals surface area contributed by atoms with E-state index in [1.165, 1.54) is 30.3 Å². The molecule has 0 fully saturated rings. The van der Waals surface area contributed by atoms with Crippen LogP contribution >= 0.6 is 0 Å². The van der Waals surface area contributed by atoms with E-state index in [-0.39, 0.29) is 16.2 Å². The number of fused-ring (bicyclic) bond motifs is 1. The number of hydrogen-bond acceptors (Lipinski definition) is 6. The molecule has 1 aliphatic rings. The summed E-state index contributed by atoms with van der Waals surface area (Å²) < 4.78 is 40.5. The second-order valence-electron chi connectivity index (χ2n) is 4.70. The van der Waals surface area contributed by atoms with Gasteiger partial charge < -0.3 is 19.4 Å². The molecule has 0 bridgehead atoms. The van der Waals surface area contributed by atoms with Gasteiger partial charge in [0.25, 0.3) is 5.91 Å². The first kappa shape index (κ1) is 15.2. The highest BCUT2D eigenvalue weighted by Gasteiger charge is 2.23. The van der Waals surface area contributed by atoms with E-state index >= 15 is 0 Å². The Hall–Kier alpha value is -2.74. The van der Waals surface area contributed by atoms with Crippen LogP contribution in [-0.2, 0) is 10.1 Å². The Bertz CT molecular complexity index is 862. The number of carbonyl (C=O) groups excluding carboxylic acids is 1. The fourth-order valence-corrected chi connectivity index (χ4v) is 3.05. The molecule has 0 radical (unpaired) electrons. The van der Waals surface area contributed by atoms with Gasteiger partial charge in [-0.2, -0.15) is 8.42 Å². The van der Waals surface area contributed by atoms with Gasteiger partial charge in [0.05, 0.1) is 5.56 Å². The summed E-state index contributed by atoms with van der Waals surface area (Å²) in [5.74, 6) is -0.121. The fraction of sp³-hybridized carbons (Fsp3) is 0.133. The second kappa shape index (κ2) is 5.81. The molecule has 0 aromatic heterocycles. The van der Waals surface area contributed by atoms with Crippen molar-refractivity contribution < 1.29 is 26.9 Å². The lowest BCUT2D eigenvalue weighted by Gasteiger charge is -2.19. The smallest absolute Gasteiger partial charge is 0.339 e. The molecule has 2 N–H and O–H groups in total. The normalized spacial score (nSPS) is 13.4. The quantitative estimate of drug-likeness (QED) is 0.845. The lowest BCUT2D eigenvalue weighted by Crippen LogP contribution is -2.18. The molecule has 23 heavy (non-hydrogen) atoms. The first-order chi connectivity index (χ1) is 11.0. The van der Waals surface area contributed by atoms with Gasteiger partial charge >= 0.3 is 10.1 Å². The van der Waals surface area contributed by atoms with E-state index in [4.69, 9.17) is 19.4 Å². The Morgan fingerprint density at radius 2 is 1.74 bits per heavy atom. The third-order valence-electron chi connectivity index (χ3n) is 3.15. The van der Waals surface area contributed by atoms with Gasteiger partial charge in [-0.1, -0.05) is 12.1 Å². The minimum absolute atomic E-state index is 0.0198. The van der Waals surface area contributed by atoms with Crippen molar-refractivity contribution in [3.8, 4) is 17.2 Å². The molecule has 1 heterocycles. The Labute approximate surface area is 132 Å². The van der Waals surface area contributed by atoms with E-state index in [0.717, 1.165) is 0 Å². The van der Waals surface area contributed by atoms with E-state index in [1.54, 1.807) is 12.1 Å². The summed E-state index contributed by atoms with van der Waals surface area (Å²) in [6.07, 6.45) is 0. The highest BCUT2D eigenvalue weighted by molar-refractivity contribution is 7.87. The number of ether oxygens (including phenoxy) is 2. The minimum Gasteiger partial charge on any atom is -0.486 e. The molecule has 3 rings (SSSR count). The Morgan fingerprint density at radius 1 is 1.04 bits per heavy atom. The van der Waals surface area contributed by atoms with E-state index in [1.807, 2.05) is 0 Å². The van der Waals surface area contributed by atoms with Crippen LogP contribution < -0.4 is 19.4 Å². The van der Waals surface area contributed by atoms with Crippen molar-refractivity contribution >= 4 is 16.0 Å². The van der Waals surface area contributed by atoms with Crippen molar-refractivity contribution in [1.29, 1.82) is 0 Å². The van der Waals surface area contributed by atoms with Crippen LogP contribution in [0.4, 0.5) is 0 Å². The molecule has 0 saturated carbocycles. The summed E-state index contributed by atoms with van der Waals surface area (Å²) in [6.45, 7) is 0.740. The van der Waals surface area contributed by atoms with E-state index in [2.05, 4.69) is 0 Å². The molecule has 2 aromatic carbocycles. The summed E-state index contributed by atoms with van der Waals surface area (Å²) in [6, 6.07) is 9.99. The Balaban J connectivity index is 1.95. The van der Waals surface area contributed by atoms with Crippen LogP contribution in [0.1, 0.15) is 10.4 Å². The van der Waals surface area contributed by atoms with Crippen LogP contribution in [0.3, 0.4) is 0 Å². The molecule has 0 unspecified atom stereocenters. The SMILES string of the molecule is NC(=O)c1ccccc1OS(=O)(=O)c1ccc2c(c1)OCCO2. The molecule has 120 valence electrons. The fourth-order valence-electron chi connectivity index (χ4n) is 2.09. The predicted molar refractivity (Wildman–Crippen MR) is 80.2 cm³/mol. The molecule has 0 spiro atoms. The van der Waals surface area contributed by atoms with Crippen molar-refractivity contribution in [2.24, 2.45) is 5.73 Å². The maximum atomic E-state index is 12.4. The molecule has 0 atom stereocenters. The average molecular weight is 335 g/mol. The lowest BCUT2D eigenvalue weighted by atomic mass is 10.2. The summed E-state index contributed by atoms with van der Waals surface area (Å²) in [5.41, 5.74) is 5.19. The molecule has 0 aliphatic carbocycles. The summed E-state index contributed by atoms with van der Waals surface area (Å²) >= 11 is 0. The van der Waals surface area contributed by atoms with Crippen molar-refractivity contribution in [1.82, 2.24) is 0 Å². The van der Waals surface area contributed by atoms with Gasteiger partial charge in [-0.05, 0) is 24.3 Å². The molecule has 1 aliphatic heterocycles. The monoisotopic (exact) mass is 335 g/mol. The maximum absolute atomic E-state index is 12.4. The number of para-hydroxylation sites is 1. The molecular formula is C15H13NO6S. The third-order valence-corrected chi connectivity index (χ3v) is 4.38. The summed E-state index contributed by atoms with van der Waals surface area (Å²) in [4.78, 5) is 11.2. The summed E-state index contributed by atoms with van der Waals surface area (Å²) in [5, 5.41) is 0. The topological polar surface area (TPSA) is 105 Å². The Morgan fingerprint density at radius 3 is 2.48 bits per heavy atom. The van der Waals surface area contributed by atoms with Gasteiger partial charge in [-0.3, -0.25) is 4.79 Å². The number of amides is 1. The molecule has 1 amide bonds. The van der Waals surface area contributed by atoms with Crippen LogP contribution in [0.2, 0.25) is 0 Å². The van der Waals surface area contributed by atoms with E-state index in [0.29, 0.717) is 24.7 Å². The van der Waals surface area contributed by atoms with E-state index < -0.39 is 16.0 Å². The number of hydrogen-bond donors (Lipinski definition) is 1. The van der Waals surface area contributed by atoms with Gasteiger partial charge in [0.2, 0.25) is 0 Å². The number of primary amides is 1. The van der Waals surface area contributed by atoms with Crippen LogP contribution in [0, 0.1) is 0 Å². The third kappa shape index (κ3) is 3.07. The van der Waals surface area contributed by atoms with Crippen molar-refractivity contribution in [3.05, 3.63) is 48.0 Å². The van der Waals surface area contributed by atoms with Gasteiger partial charge in [0.15, 0.2) is 17.2 Å². The van der Waals surface area contributed by atoms with Crippen molar-refractivity contribution in [2.75, 3.05) is 13.2 Å². The molecule has 2 aromatic rings. The van der Waals surface area contributed by atoms with Gasteiger partial charge in [0, 0.05) is 6.07 Å². The van der Waals surface area contributed by atoms with Crippen molar-refractivity contribution in [2.45, 2.75) is 4.90 Å². The molecule has 0 saturated heterocycles. The van der Waals surface area contributed by atoms with Gasteiger partial charge in [0.1, 0.15) is 18.1 Å². The number of carbonyl (C=O) groups is 1. The highest BCUT2D eigenvalue weighted by atomic mass is 32.2. The van der Waals surface area contributed by atoms with Crippen LogP contribution in [0.15, 0.2) is 47.4 Å². The predicted octanol–water partition coefficient (Wildman–Crippen LogP) is 1.32. The summed E-state index contributed by atoms with van der Waals surface area (Å²) in [7, 11) is -4.15.